The van der Waals surface area contributed by atoms with E-state index in [1.165, 1.54) is 0 Å². The molecule has 1 amide bonds. The molecular weight excluding hydrogens is 376 g/mol. The molecule has 158 valence electrons. The molecule has 0 N–H and O–H groups in total. The van der Waals surface area contributed by atoms with E-state index in [0.29, 0.717) is 12.0 Å². The molecular formula is C23H30N6O. The van der Waals surface area contributed by atoms with Crippen LogP contribution in [0, 0.1) is 6.92 Å². The fourth-order valence-corrected chi connectivity index (χ4v) is 4.56. The summed E-state index contributed by atoms with van der Waals surface area (Å²) in [5.74, 6) is 0.599. The van der Waals surface area contributed by atoms with Crippen molar-refractivity contribution in [2.24, 2.45) is 0 Å². The molecule has 2 aliphatic rings. The zero-order chi connectivity index (χ0) is 21.0. The molecule has 0 aromatic carbocycles. The summed E-state index contributed by atoms with van der Waals surface area (Å²) in [6.07, 6.45) is 9.93. The summed E-state index contributed by atoms with van der Waals surface area (Å²) in [6.45, 7) is 9.91. The average molecular weight is 407 g/mol. The first-order chi connectivity index (χ1) is 14.3. The second-order valence-electron chi connectivity index (χ2n) is 9.77. The Bertz CT molecular complexity index is 1080. The first-order valence-electron chi connectivity index (χ1n) is 11.0. The van der Waals surface area contributed by atoms with Gasteiger partial charge in [-0.05, 0) is 59.4 Å². The lowest BCUT2D eigenvalue weighted by Crippen LogP contribution is -2.39. The zero-order valence-electron chi connectivity index (χ0n) is 18.3. The van der Waals surface area contributed by atoms with Gasteiger partial charge in [-0.25, -0.2) is 14.6 Å². The van der Waals surface area contributed by atoms with Crippen molar-refractivity contribution >= 4 is 16.9 Å². The van der Waals surface area contributed by atoms with Gasteiger partial charge in [0.2, 0.25) is 0 Å². The Morgan fingerprint density at radius 1 is 1.13 bits per heavy atom. The number of aryl methyl sites for hydroxylation is 1. The van der Waals surface area contributed by atoms with Gasteiger partial charge in [-0.2, -0.15) is 5.10 Å². The van der Waals surface area contributed by atoms with Crippen molar-refractivity contribution in [1.82, 2.24) is 29.2 Å². The van der Waals surface area contributed by atoms with E-state index in [4.69, 9.17) is 10.1 Å². The predicted octanol–water partition coefficient (Wildman–Crippen LogP) is 4.05. The Kier molecular flexibility index (Phi) is 4.45. The lowest BCUT2D eigenvalue weighted by atomic mass is 10.0. The van der Waals surface area contributed by atoms with Crippen molar-refractivity contribution in [3.05, 3.63) is 41.7 Å². The van der Waals surface area contributed by atoms with Crippen LogP contribution >= 0.6 is 0 Å². The van der Waals surface area contributed by atoms with Crippen LogP contribution in [0.3, 0.4) is 0 Å². The number of carbonyl (C=O) groups is 1. The van der Waals surface area contributed by atoms with Gasteiger partial charge in [0.25, 0.3) is 5.91 Å². The predicted molar refractivity (Wildman–Crippen MR) is 116 cm³/mol. The molecule has 0 atom stereocenters. The SMILES string of the molecule is Cc1nn(C(C)(C)C)c2nc(C3CC3)cc(C(=O)N3CCC(n4ccnc4)CC3)c12. The van der Waals surface area contributed by atoms with Gasteiger partial charge in [0, 0.05) is 43.1 Å². The summed E-state index contributed by atoms with van der Waals surface area (Å²) in [6, 6.07) is 2.47. The molecule has 7 nitrogen and oxygen atoms in total. The molecule has 4 heterocycles. The molecule has 0 spiro atoms. The third kappa shape index (κ3) is 3.30. The van der Waals surface area contributed by atoms with Crippen molar-refractivity contribution < 1.29 is 4.79 Å². The van der Waals surface area contributed by atoms with Crippen molar-refractivity contribution in [2.45, 2.75) is 70.9 Å². The molecule has 5 rings (SSSR count). The minimum absolute atomic E-state index is 0.116. The molecule has 0 bridgehead atoms. The average Bonchev–Trinajstić information content (AvgIpc) is 3.31. The van der Waals surface area contributed by atoms with Crippen LogP contribution in [0.25, 0.3) is 11.0 Å². The van der Waals surface area contributed by atoms with Crippen molar-refractivity contribution in [2.75, 3.05) is 13.1 Å². The summed E-state index contributed by atoms with van der Waals surface area (Å²) in [5, 5.41) is 5.70. The number of likely N-dealkylation sites (tertiary alicyclic amines) is 1. The highest BCUT2D eigenvalue weighted by Gasteiger charge is 2.32. The van der Waals surface area contributed by atoms with Crippen LogP contribution in [0.4, 0.5) is 0 Å². The monoisotopic (exact) mass is 406 g/mol. The molecule has 2 fully saturated rings. The number of hydrogen-bond donors (Lipinski definition) is 0. The van der Waals surface area contributed by atoms with Crippen LogP contribution in [0.2, 0.25) is 0 Å². The molecule has 1 aliphatic heterocycles. The number of amides is 1. The van der Waals surface area contributed by atoms with Gasteiger partial charge < -0.3 is 9.47 Å². The summed E-state index contributed by atoms with van der Waals surface area (Å²) >= 11 is 0. The van der Waals surface area contributed by atoms with Crippen molar-refractivity contribution in [3.8, 4) is 0 Å². The van der Waals surface area contributed by atoms with E-state index in [0.717, 1.165) is 66.8 Å². The largest absolute Gasteiger partial charge is 0.338 e. The van der Waals surface area contributed by atoms with E-state index < -0.39 is 0 Å². The minimum Gasteiger partial charge on any atom is -0.338 e. The molecule has 1 saturated heterocycles. The van der Waals surface area contributed by atoms with Crippen LogP contribution in [0.15, 0.2) is 24.8 Å². The van der Waals surface area contributed by atoms with Gasteiger partial charge in [0.05, 0.1) is 28.5 Å². The van der Waals surface area contributed by atoms with E-state index in [9.17, 15) is 4.79 Å². The van der Waals surface area contributed by atoms with Crippen LogP contribution in [-0.2, 0) is 5.54 Å². The summed E-state index contributed by atoms with van der Waals surface area (Å²) < 4.78 is 4.15. The fourth-order valence-electron chi connectivity index (χ4n) is 4.56. The van der Waals surface area contributed by atoms with Gasteiger partial charge in [-0.1, -0.05) is 0 Å². The van der Waals surface area contributed by atoms with Crippen molar-refractivity contribution in [1.29, 1.82) is 0 Å². The maximum atomic E-state index is 13.7. The number of piperidine rings is 1. The normalized spacial score (nSPS) is 18.3. The molecule has 30 heavy (non-hydrogen) atoms. The quantitative estimate of drug-likeness (QED) is 0.658. The van der Waals surface area contributed by atoms with E-state index >= 15 is 0 Å². The first-order valence-corrected chi connectivity index (χ1v) is 11.0. The molecule has 3 aromatic rings. The standard InChI is InChI=1S/C23H30N6O/c1-15-20-18(22(30)27-10-7-17(8-11-27)28-12-9-24-14-28)13-19(16-5-6-16)25-21(20)29(26-15)23(2,3)4/h9,12-14,16-17H,5-8,10-11H2,1-4H3. The Hall–Kier alpha value is -2.70. The lowest BCUT2D eigenvalue weighted by molar-refractivity contribution is 0.0696. The third-order valence-corrected chi connectivity index (χ3v) is 6.39. The molecule has 0 radical (unpaired) electrons. The topological polar surface area (TPSA) is 68.8 Å². The summed E-state index contributed by atoms with van der Waals surface area (Å²) in [4.78, 5) is 24.8. The zero-order valence-corrected chi connectivity index (χ0v) is 18.3. The Morgan fingerprint density at radius 2 is 1.87 bits per heavy atom. The molecule has 3 aromatic heterocycles. The van der Waals surface area contributed by atoms with Crippen LogP contribution in [-0.4, -0.2) is 48.2 Å². The summed E-state index contributed by atoms with van der Waals surface area (Å²) in [7, 11) is 0. The van der Waals surface area contributed by atoms with Crippen LogP contribution in [0.1, 0.15) is 80.2 Å². The van der Waals surface area contributed by atoms with Crippen LogP contribution in [0.5, 0.6) is 0 Å². The Labute approximate surface area is 177 Å². The number of fused-ring (bicyclic) bond motifs is 1. The lowest BCUT2D eigenvalue weighted by Gasteiger charge is -2.32. The van der Waals surface area contributed by atoms with Gasteiger partial charge in [0.1, 0.15) is 0 Å². The Morgan fingerprint density at radius 3 is 2.47 bits per heavy atom. The second kappa shape index (κ2) is 6.93. The van der Waals surface area contributed by atoms with E-state index in [-0.39, 0.29) is 11.4 Å². The number of rotatable bonds is 3. The number of imidazole rings is 1. The molecule has 7 heteroatoms. The number of carbonyl (C=O) groups excluding carboxylic acids is 1. The third-order valence-electron chi connectivity index (χ3n) is 6.39. The van der Waals surface area contributed by atoms with Gasteiger partial charge >= 0.3 is 0 Å². The fraction of sp³-hybridized carbons (Fsp3) is 0.565. The number of hydrogen-bond acceptors (Lipinski definition) is 4. The minimum atomic E-state index is -0.189. The maximum Gasteiger partial charge on any atom is 0.254 e. The second-order valence-corrected chi connectivity index (χ2v) is 9.77. The number of aromatic nitrogens is 5. The van der Waals surface area contributed by atoms with Gasteiger partial charge in [-0.3, -0.25) is 4.79 Å². The van der Waals surface area contributed by atoms with E-state index in [2.05, 4.69) is 30.3 Å². The van der Waals surface area contributed by atoms with E-state index in [1.807, 2.05) is 41.3 Å². The van der Waals surface area contributed by atoms with Gasteiger partial charge in [0.15, 0.2) is 5.65 Å². The first kappa shape index (κ1) is 19.3. The number of pyridine rings is 1. The Balaban J connectivity index is 1.50. The summed E-state index contributed by atoms with van der Waals surface area (Å²) in [5.41, 5.74) is 3.36. The maximum absolute atomic E-state index is 13.7. The highest BCUT2D eigenvalue weighted by molar-refractivity contribution is 6.06. The molecule has 1 saturated carbocycles. The number of nitrogens with zero attached hydrogens (tertiary/aromatic N) is 6. The van der Waals surface area contributed by atoms with Crippen molar-refractivity contribution in [3.63, 3.8) is 0 Å². The molecule has 0 unspecified atom stereocenters. The van der Waals surface area contributed by atoms with Crippen LogP contribution < -0.4 is 0 Å². The highest BCUT2D eigenvalue weighted by Crippen LogP contribution is 2.41. The molecule has 1 aliphatic carbocycles. The van der Waals surface area contributed by atoms with E-state index in [1.54, 1.807) is 0 Å². The highest BCUT2D eigenvalue weighted by atomic mass is 16.2. The smallest absolute Gasteiger partial charge is 0.254 e. The van der Waals surface area contributed by atoms with Gasteiger partial charge in [-0.15, -0.1) is 0 Å².